The van der Waals surface area contributed by atoms with E-state index in [1.807, 2.05) is 31.3 Å². The van der Waals surface area contributed by atoms with Crippen molar-refractivity contribution in [2.45, 2.75) is 51.9 Å². The lowest BCUT2D eigenvalue weighted by Crippen LogP contribution is -2.37. The van der Waals surface area contributed by atoms with Crippen LogP contribution in [0.1, 0.15) is 57.4 Å². The summed E-state index contributed by atoms with van der Waals surface area (Å²) in [5.41, 5.74) is 12.5. The number of aryl methyl sites for hydroxylation is 1. The van der Waals surface area contributed by atoms with Gasteiger partial charge < -0.3 is 20.5 Å². The number of hydrogen-bond donors (Lipinski definition) is 2. The molecule has 2 aliphatic rings. The molecule has 1 aromatic carbocycles. The Labute approximate surface area is 223 Å². The maximum Gasteiger partial charge on any atom is 0.250 e. The number of nitrogens with zero attached hydrogens (tertiary/aromatic N) is 4. The van der Waals surface area contributed by atoms with Crippen LogP contribution in [0, 0.1) is 5.92 Å². The Kier molecular flexibility index (Phi) is 7.31. The van der Waals surface area contributed by atoms with Crippen molar-refractivity contribution >= 4 is 39.9 Å². The summed E-state index contributed by atoms with van der Waals surface area (Å²) < 4.78 is 2.06. The highest BCUT2D eigenvalue weighted by atomic mass is 16.2. The highest BCUT2D eigenvalue weighted by Crippen LogP contribution is 2.43. The average molecular weight is 513 g/mol. The zero-order valence-corrected chi connectivity index (χ0v) is 22.3. The summed E-state index contributed by atoms with van der Waals surface area (Å²) >= 11 is 0. The number of allylic oxidation sites excluding steroid dienone is 2. The van der Waals surface area contributed by atoms with Crippen molar-refractivity contribution in [3.63, 3.8) is 0 Å². The second kappa shape index (κ2) is 10.8. The lowest BCUT2D eigenvalue weighted by atomic mass is 9.84. The maximum absolute atomic E-state index is 13.3. The first-order chi connectivity index (χ1) is 18.3. The molecular formula is C30H36N6O2. The maximum atomic E-state index is 13.3. The number of hydrogen-bond acceptors (Lipinski definition) is 5. The number of likely N-dealkylation sites (tertiary alicyclic amines) is 1. The zero-order chi connectivity index (χ0) is 26.8. The minimum absolute atomic E-state index is 0.0279. The highest BCUT2D eigenvalue weighted by Gasteiger charge is 2.30. The number of fused-ring (bicyclic) bond motifs is 1. The van der Waals surface area contributed by atoms with Gasteiger partial charge >= 0.3 is 0 Å². The van der Waals surface area contributed by atoms with Gasteiger partial charge in [0.05, 0.1) is 11.1 Å². The average Bonchev–Trinajstić information content (AvgIpc) is 3.06. The molecule has 0 bridgehead atoms. The van der Waals surface area contributed by atoms with Crippen LogP contribution in [0.25, 0.3) is 27.9 Å². The number of amides is 2. The van der Waals surface area contributed by atoms with E-state index in [1.165, 1.54) is 24.7 Å². The Morgan fingerprint density at radius 3 is 2.42 bits per heavy atom. The molecule has 3 N–H and O–H groups in total. The summed E-state index contributed by atoms with van der Waals surface area (Å²) in [4.78, 5) is 36.3. The smallest absolute Gasteiger partial charge is 0.250 e. The van der Waals surface area contributed by atoms with Gasteiger partial charge in [-0.15, -0.1) is 0 Å². The van der Waals surface area contributed by atoms with E-state index in [9.17, 15) is 9.59 Å². The number of rotatable bonds is 5. The minimum Gasteiger partial charge on any atom is -0.383 e. The first-order valence-electron chi connectivity index (χ1n) is 13.5. The Morgan fingerprint density at radius 2 is 1.79 bits per heavy atom. The van der Waals surface area contributed by atoms with E-state index in [0.29, 0.717) is 23.0 Å². The van der Waals surface area contributed by atoms with E-state index in [-0.39, 0.29) is 11.8 Å². The van der Waals surface area contributed by atoms with Crippen molar-refractivity contribution in [2.24, 2.45) is 13.0 Å². The molecule has 0 saturated carbocycles. The summed E-state index contributed by atoms with van der Waals surface area (Å²) in [7, 11) is 1.99. The Balaban J connectivity index is 1.49. The summed E-state index contributed by atoms with van der Waals surface area (Å²) in [6.07, 6.45) is 10.7. The summed E-state index contributed by atoms with van der Waals surface area (Å²) in [5.74, 6) is 0.569. The molecule has 5 rings (SSSR count). The van der Waals surface area contributed by atoms with E-state index in [1.54, 1.807) is 6.92 Å². The van der Waals surface area contributed by atoms with Gasteiger partial charge in [-0.1, -0.05) is 37.6 Å². The second-order valence-electron chi connectivity index (χ2n) is 10.5. The zero-order valence-electron chi connectivity index (χ0n) is 22.3. The van der Waals surface area contributed by atoms with E-state index in [0.717, 1.165) is 73.0 Å². The first kappa shape index (κ1) is 25.7. The molecular weight excluding hydrogens is 476 g/mol. The van der Waals surface area contributed by atoms with Gasteiger partial charge in [0.25, 0.3) is 5.91 Å². The quantitative estimate of drug-likeness (QED) is 0.450. The molecule has 0 spiro atoms. The number of nitrogens with one attached hydrogen (secondary N) is 1. The van der Waals surface area contributed by atoms with Gasteiger partial charge in [0, 0.05) is 42.9 Å². The number of nitrogens with two attached hydrogens (primary N) is 1. The number of carbonyl (C=O) groups is 2. The molecule has 1 aliphatic carbocycles. The SMILES string of the molecule is C=C(C)C(=O)Nc1ccc(-c2c(C3=CC[C@H](C(=O)N4CCCCCC4)CC3)c3c(N)ncnc3n2C)cc1. The van der Waals surface area contributed by atoms with Gasteiger partial charge in [-0.3, -0.25) is 9.59 Å². The molecule has 2 amide bonds. The van der Waals surface area contributed by atoms with Crippen molar-refractivity contribution in [2.75, 3.05) is 24.1 Å². The molecule has 8 nitrogen and oxygen atoms in total. The molecule has 1 saturated heterocycles. The van der Waals surface area contributed by atoms with Gasteiger partial charge in [0.15, 0.2) is 0 Å². The summed E-state index contributed by atoms with van der Waals surface area (Å²) in [6, 6.07) is 7.75. The van der Waals surface area contributed by atoms with Gasteiger partial charge in [-0.05, 0) is 62.3 Å². The molecule has 1 aliphatic heterocycles. The third-order valence-electron chi connectivity index (χ3n) is 7.80. The van der Waals surface area contributed by atoms with Crippen LogP contribution in [0.2, 0.25) is 0 Å². The molecule has 198 valence electrons. The third-order valence-corrected chi connectivity index (χ3v) is 7.80. The summed E-state index contributed by atoms with van der Waals surface area (Å²) in [5, 5.41) is 3.70. The monoisotopic (exact) mass is 512 g/mol. The van der Waals surface area contributed by atoms with Crippen molar-refractivity contribution in [1.29, 1.82) is 0 Å². The topological polar surface area (TPSA) is 106 Å². The molecule has 2 aromatic heterocycles. The molecule has 1 fully saturated rings. The van der Waals surface area contributed by atoms with E-state index in [4.69, 9.17) is 5.73 Å². The van der Waals surface area contributed by atoms with Gasteiger partial charge in [0.2, 0.25) is 5.91 Å². The predicted molar refractivity (Wildman–Crippen MR) is 152 cm³/mol. The number of aromatic nitrogens is 3. The fraction of sp³-hybridized carbons (Fsp3) is 0.400. The largest absolute Gasteiger partial charge is 0.383 e. The van der Waals surface area contributed by atoms with Crippen LogP contribution in [0.3, 0.4) is 0 Å². The minimum atomic E-state index is -0.206. The third kappa shape index (κ3) is 4.95. The van der Waals surface area contributed by atoms with E-state index >= 15 is 0 Å². The lowest BCUT2D eigenvalue weighted by Gasteiger charge is -2.28. The normalized spacial score (nSPS) is 18.1. The van der Waals surface area contributed by atoms with Crippen molar-refractivity contribution in [3.8, 4) is 11.3 Å². The standard InChI is InChI=1S/C30H36N6O2/c1-19(2)29(37)34-23-14-12-21(13-15-23)26-24(25-27(31)32-18-33-28(25)35(26)3)20-8-10-22(11-9-20)30(38)36-16-6-4-5-7-17-36/h8,12-15,18,22H,1,4-7,9-11,16-17H2,2-3H3,(H,34,37)(H2,31,32,33)/t22-/m0/s1. The molecule has 38 heavy (non-hydrogen) atoms. The van der Waals surface area contributed by atoms with Crippen LogP contribution in [0.15, 0.2) is 48.8 Å². The molecule has 3 aromatic rings. The molecule has 3 heterocycles. The Morgan fingerprint density at radius 1 is 1.08 bits per heavy atom. The van der Waals surface area contributed by atoms with Crippen LogP contribution >= 0.6 is 0 Å². The van der Waals surface area contributed by atoms with Crippen LogP contribution in [0.5, 0.6) is 0 Å². The van der Waals surface area contributed by atoms with Crippen LogP contribution in [-0.4, -0.2) is 44.3 Å². The molecule has 8 heteroatoms. The fourth-order valence-electron chi connectivity index (χ4n) is 5.71. The number of nitrogen functional groups attached to an aromatic ring is 1. The number of benzene rings is 1. The van der Waals surface area contributed by atoms with Crippen molar-refractivity contribution < 1.29 is 9.59 Å². The van der Waals surface area contributed by atoms with Crippen LogP contribution < -0.4 is 11.1 Å². The van der Waals surface area contributed by atoms with Gasteiger partial charge in [0.1, 0.15) is 17.8 Å². The van der Waals surface area contributed by atoms with Gasteiger partial charge in [-0.2, -0.15) is 0 Å². The fourth-order valence-corrected chi connectivity index (χ4v) is 5.71. The molecule has 1 atom stereocenters. The number of carbonyl (C=O) groups excluding carboxylic acids is 2. The van der Waals surface area contributed by atoms with Crippen molar-refractivity contribution in [1.82, 2.24) is 19.4 Å². The highest BCUT2D eigenvalue weighted by molar-refractivity contribution is 6.05. The lowest BCUT2D eigenvalue weighted by molar-refractivity contribution is -0.135. The molecule has 0 radical (unpaired) electrons. The second-order valence-corrected chi connectivity index (χ2v) is 10.5. The summed E-state index contributed by atoms with van der Waals surface area (Å²) in [6.45, 7) is 7.15. The van der Waals surface area contributed by atoms with Crippen LogP contribution in [0.4, 0.5) is 11.5 Å². The van der Waals surface area contributed by atoms with Crippen LogP contribution in [-0.2, 0) is 16.6 Å². The Hall–Kier alpha value is -3.94. The first-order valence-corrected chi connectivity index (χ1v) is 13.5. The molecule has 0 unspecified atom stereocenters. The van der Waals surface area contributed by atoms with Gasteiger partial charge in [-0.25, -0.2) is 9.97 Å². The van der Waals surface area contributed by atoms with E-state index in [2.05, 4.69) is 37.4 Å². The van der Waals surface area contributed by atoms with E-state index < -0.39 is 0 Å². The number of anilines is 2. The predicted octanol–water partition coefficient (Wildman–Crippen LogP) is 5.32. The van der Waals surface area contributed by atoms with Crippen molar-refractivity contribution in [3.05, 3.63) is 54.4 Å². The Bertz CT molecular complexity index is 1410.